The van der Waals surface area contributed by atoms with Crippen LogP contribution in [-0.2, 0) is 6.54 Å². The number of hydrogen-bond donors (Lipinski definition) is 2. The molecular weight excluding hydrogens is 269 g/mol. The summed E-state index contributed by atoms with van der Waals surface area (Å²) in [6.45, 7) is 0.564. The van der Waals surface area contributed by atoms with Crippen LogP contribution in [0.15, 0.2) is 18.2 Å². The lowest BCUT2D eigenvalue weighted by Gasteiger charge is -2.35. The minimum atomic E-state index is -0.594. The van der Waals surface area contributed by atoms with E-state index in [1.54, 1.807) is 12.1 Å². The van der Waals surface area contributed by atoms with Crippen molar-refractivity contribution in [2.75, 3.05) is 7.05 Å². The van der Waals surface area contributed by atoms with Gasteiger partial charge in [-0.3, -0.25) is 9.69 Å². The molecule has 0 aliphatic carbocycles. The fraction of sp³-hybridized carbons (Fsp3) is 0.562. The first-order valence-electron chi connectivity index (χ1n) is 7.57. The number of nitrogens with zero attached hydrogens (tertiary/aromatic N) is 1. The number of halogens is 1. The second-order valence-electron chi connectivity index (χ2n) is 6.35. The number of carbonyl (C=O) groups is 1. The van der Waals surface area contributed by atoms with Crippen LogP contribution in [0.25, 0.3) is 0 Å². The zero-order chi connectivity index (χ0) is 15.0. The molecule has 3 N–H and O–H groups in total. The van der Waals surface area contributed by atoms with Crippen molar-refractivity contribution in [2.24, 2.45) is 5.73 Å². The molecule has 1 aromatic rings. The summed E-state index contributed by atoms with van der Waals surface area (Å²) in [5.41, 5.74) is 6.01. The minimum Gasteiger partial charge on any atom is -0.366 e. The third kappa shape index (κ3) is 3.09. The van der Waals surface area contributed by atoms with Gasteiger partial charge in [0.25, 0.3) is 0 Å². The molecule has 0 radical (unpaired) electrons. The molecule has 2 unspecified atom stereocenters. The first kappa shape index (κ1) is 14.5. The Morgan fingerprint density at radius 3 is 2.62 bits per heavy atom. The van der Waals surface area contributed by atoms with Crippen LogP contribution in [0.4, 0.5) is 4.39 Å². The van der Waals surface area contributed by atoms with Crippen LogP contribution in [0.2, 0.25) is 0 Å². The average molecular weight is 291 g/mol. The summed E-state index contributed by atoms with van der Waals surface area (Å²) in [6, 6.07) is 6.25. The maximum atomic E-state index is 14.1. The zero-order valence-electron chi connectivity index (χ0n) is 12.3. The van der Waals surface area contributed by atoms with E-state index in [2.05, 4.69) is 17.3 Å². The molecule has 2 aliphatic rings. The third-order valence-electron chi connectivity index (χ3n) is 4.83. The van der Waals surface area contributed by atoms with Crippen molar-refractivity contribution in [2.45, 2.75) is 50.4 Å². The van der Waals surface area contributed by atoms with Gasteiger partial charge in [-0.2, -0.15) is 0 Å². The molecule has 2 heterocycles. The highest BCUT2D eigenvalue weighted by Crippen LogP contribution is 2.30. The Labute approximate surface area is 124 Å². The van der Waals surface area contributed by atoms with E-state index in [0.717, 1.165) is 12.8 Å². The number of benzene rings is 1. The lowest BCUT2D eigenvalue weighted by molar-refractivity contribution is 0.0999. The molecule has 2 aliphatic heterocycles. The summed E-state index contributed by atoms with van der Waals surface area (Å²) in [5.74, 6) is -0.946. The van der Waals surface area contributed by atoms with E-state index < -0.39 is 5.91 Å². The molecule has 2 bridgehead atoms. The Balaban J connectivity index is 1.67. The van der Waals surface area contributed by atoms with Crippen molar-refractivity contribution in [3.8, 4) is 0 Å². The molecule has 114 valence electrons. The number of nitrogens with two attached hydrogens (primary N) is 1. The van der Waals surface area contributed by atoms with Gasteiger partial charge in [-0.15, -0.1) is 0 Å². The first-order chi connectivity index (χ1) is 10.0. The lowest BCUT2D eigenvalue weighted by Crippen LogP contribution is -2.46. The molecule has 5 heteroatoms. The van der Waals surface area contributed by atoms with Crippen molar-refractivity contribution in [1.29, 1.82) is 0 Å². The summed E-state index contributed by atoms with van der Waals surface area (Å²) in [7, 11) is 2.05. The Morgan fingerprint density at radius 2 is 2.05 bits per heavy atom. The average Bonchev–Trinajstić information content (AvgIpc) is 2.79. The molecule has 21 heavy (non-hydrogen) atoms. The molecule has 4 nitrogen and oxygen atoms in total. The van der Waals surface area contributed by atoms with Crippen LogP contribution in [-0.4, -0.2) is 36.0 Å². The molecule has 0 spiro atoms. The molecule has 2 saturated heterocycles. The van der Waals surface area contributed by atoms with E-state index in [4.69, 9.17) is 5.73 Å². The number of hydrogen-bond acceptors (Lipinski definition) is 3. The summed E-state index contributed by atoms with van der Waals surface area (Å²) in [6.07, 6.45) is 4.79. The number of piperidine rings is 1. The highest BCUT2D eigenvalue weighted by Gasteiger charge is 2.35. The van der Waals surface area contributed by atoms with Gasteiger partial charge in [-0.25, -0.2) is 4.39 Å². The van der Waals surface area contributed by atoms with E-state index in [1.165, 1.54) is 18.9 Å². The SMILES string of the molecule is CN(Cc1ccc(C(N)=O)cc1F)C1CC2CCC(C1)N2. The van der Waals surface area contributed by atoms with Crippen molar-refractivity contribution in [3.63, 3.8) is 0 Å². The topological polar surface area (TPSA) is 58.4 Å². The van der Waals surface area contributed by atoms with Crippen LogP contribution in [0.5, 0.6) is 0 Å². The van der Waals surface area contributed by atoms with E-state index in [-0.39, 0.29) is 11.4 Å². The number of nitrogens with one attached hydrogen (secondary N) is 1. The van der Waals surface area contributed by atoms with Gasteiger partial charge in [-0.1, -0.05) is 6.07 Å². The molecule has 2 fully saturated rings. The second kappa shape index (κ2) is 5.73. The number of amides is 1. The van der Waals surface area contributed by atoms with E-state index >= 15 is 0 Å². The third-order valence-corrected chi connectivity index (χ3v) is 4.83. The molecule has 2 atom stereocenters. The maximum absolute atomic E-state index is 14.1. The summed E-state index contributed by atoms with van der Waals surface area (Å²) in [5, 5.41) is 3.62. The lowest BCUT2D eigenvalue weighted by atomic mass is 9.98. The monoisotopic (exact) mass is 291 g/mol. The Kier molecular flexibility index (Phi) is 3.95. The summed E-state index contributed by atoms with van der Waals surface area (Å²) < 4.78 is 14.1. The van der Waals surface area contributed by atoms with Gasteiger partial charge in [0.05, 0.1) is 0 Å². The molecule has 3 rings (SSSR count). The molecule has 1 aromatic carbocycles. The predicted molar refractivity (Wildman–Crippen MR) is 79.4 cm³/mol. The van der Waals surface area contributed by atoms with Gasteiger partial charge < -0.3 is 11.1 Å². The van der Waals surface area contributed by atoms with Crippen LogP contribution < -0.4 is 11.1 Å². The minimum absolute atomic E-state index is 0.221. The van der Waals surface area contributed by atoms with Gasteiger partial charge in [0.2, 0.25) is 5.91 Å². The normalized spacial score (nSPS) is 28.0. The standard InChI is InChI=1S/C16H22FN3O/c1-20(14-7-12-4-5-13(8-14)19-12)9-11-3-2-10(16(18)21)6-15(11)17/h2-3,6,12-14,19H,4-5,7-9H2,1H3,(H2,18,21). The largest absolute Gasteiger partial charge is 0.366 e. The van der Waals surface area contributed by atoms with Gasteiger partial charge in [0.1, 0.15) is 5.82 Å². The van der Waals surface area contributed by atoms with E-state index in [9.17, 15) is 9.18 Å². The van der Waals surface area contributed by atoms with Crippen LogP contribution >= 0.6 is 0 Å². The van der Waals surface area contributed by atoms with Crippen LogP contribution in [0.3, 0.4) is 0 Å². The first-order valence-corrected chi connectivity index (χ1v) is 7.57. The zero-order valence-corrected chi connectivity index (χ0v) is 12.3. The van der Waals surface area contributed by atoms with E-state index in [0.29, 0.717) is 30.2 Å². The number of rotatable bonds is 4. The Hall–Kier alpha value is -1.46. The molecule has 1 amide bonds. The highest BCUT2D eigenvalue weighted by atomic mass is 19.1. The number of fused-ring (bicyclic) bond motifs is 2. The Bertz CT molecular complexity index is 536. The van der Waals surface area contributed by atoms with Crippen LogP contribution in [0, 0.1) is 5.82 Å². The van der Waals surface area contributed by atoms with Gasteiger partial charge in [0.15, 0.2) is 0 Å². The fourth-order valence-electron chi connectivity index (χ4n) is 3.61. The quantitative estimate of drug-likeness (QED) is 0.886. The van der Waals surface area contributed by atoms with E-state index in [1.807, 2.05) is 0 Å². The number of carbonyl (C=O) groups excluding carboxylic acids is 1. The second-order valence-corrected chi connectivity index (χ2v) is 6.35. The van der Waals surface area contributed by atoms with Crippen LogP contribution in [0.1, 0.15) is 41.6 Å². The molecular formula is C16H22FN3O. The summed E-state index contributed by atoms with van der Waals surface area (Å²) >= 11 is 0. The molecule has 0 aromatic heterocycles. The van der Waals surface area contributed by atoms with Crippen molar-refractivity contribution in [3.05, 3.63) is 35.1 Å². The predicted octanol–water partition coefficient (Wildman–Crippen LogP) is 1.64. The molecule has 0 saturated carbocycles. The van der Waals surface area contributed by atoms with Crippen molar-refractivity contribution >= 4 is 5.91 Å². The highest BCUT2D eigenvalue weighted by molar-refractivity contribution is 5.92. The van der Waals surface area contributed by atoms with Crippen molar-refractivity contribution < 1.29 is 9.18 Å². The van der Waals surface area contributed by atoms with Gasteiger partial charge in [-0.05, 0) is 44.9 Å². The fourth-order valence-corrected chi connectivity index (χ4v) is 3.61. The smallest absolute Gasteiger partial charge is 0.248 e. The number of primary amides is 1. The van der Waals surface area contributed by atoms with Gasteiger partial charge >= 0.3 is 0 Å². The summed E-state index contributed by atoms with van der Waals surface area (Å²) in [4.78, 5) is 13.3. The van der Waals surface area contributed by atoms with Gasteiger partial charge in [0, 0.05) is 35.8 Å². The maximum Gasteiger partial charge on any atom is 0.248 e. The van der Waals surface area contributed by atoms with Crippen molar-refractivity contribution in [1.82, 2.24) is 10.2 Å². The Morgan fingerprint density at radius 1 is 1.38 bits per heavy atom.